The Morgan fingerprint density at radius 1 is 1.23 bits per heavy atom. The highest BCUT2D eigenvalue weighted by molar-refractivity contribution is 9.10. The van der Waals surface area contributed by atoms with Crippen LogP contribution in [-0.4, -0.2) is 21.8 Å². The quantitative estimate of drug-likeness (QED) is 0.514. The number of nitrogens with one attached hydrogen (secondary N) is 1. The Balaban J connectivity index is 1.44. The predicted molar refractivity (Wildman–Crippen MR) is 113 cm³/mol. The number of rotatable bonds is 6. The second-order valence-electron chi connectivity index (χ2n) is 6.93. The van der Waals surface area contributed by atoms with E-state index in [9.17, 15) is 14.0 Å². The molecule has 1 N–H and O–H groups in total. The van der Waals surface area contributed by atoms with Crippen molar-refractivity contribution < 1.29 is 18.7 Å². The Morgan fingerprint density at radius 3 is 2.73 bits per heavy atom. The minimum atomic E-state index is -1.13. The lowest BCUT2D eigenvalue weighted by atomic mass is 9.92. The molecule has 0 saturated carbocycles. The third-order valence-corrected chi connectivity index (χ3v) is 6.14. The average molecular weight is 490 g/mol. The zero-order chi connectivity index (χ0) is 21.3. The van der Waals surface area contributed by atoms with E-state index >= 15 is 0 Å². The van der Waals surface area contributed by atoms with Gasteiger partial charge < -0.3 is 10.1 Å². The van der Waals surface area contributed by atoms with E-state index in [4.69, 9.17) is 4.74 Å². The van der Waals surface area contributed by atoms with Crippen LogP contribution in [0.3, 0.4) is 0 Å². The minimum Gasteiger partial charge on any atom is -0.486 e. The summed E-state index contributed by atoms with van der Waals surface area (Å²) < 4.78 is 19.4. The van der Waals surface area contributed by atoms with Gasteiger partial charge >= 0.3 is 6.03 Å². The van der Waals surface area contributed by atoms with Gasteiger partial charge in [-0.3, -0.25) is 9.69 Å². The van der Waals surface area contributed by atoms with E-state index in [1.807, 2.05) is 18.2 Å². The van der Waals surface area contributed by atoms with Gasteiger partial charge in [0.1, 0.15) is 28.7 Å². The van der Waals surface area contributed by atoms with Crippen molar-refractivity contribution in [1.82, 2.24) is 15.2 Å². The van der Waals surface area contributed by atoms with Gasteiger partial charge in [-0.25, -0.2) is 14.2 Å². The minimum absolute atomic E-state index is 0.0707. The molecule has 3 amide bonds. The number of nitrogens with zero attached hydrogens (tertiary/aromatic N) is 2. The number of carbonyl (C=O) groups is 2. The Bertz CT molecular complexity index is 1100. The first-order valence-electron chi connectivity index (χ1n) is 9.07. The lowest BCUT2D eigenvalue weighted by Gasteiger charge is -2.22. The highest BCUT2D eigenvalue weighted by Crippen LogP contribution is 2.31. The molecule has 1 fully saturated rings. The average Bonchev–Trinajstić information content (AvgIpc) is 3.26. The number of amides is 3. The first-order chi connectivity index (χ1) is 14.3. The van der Waals surface area contributed by atoms with Crippen LogP contribution in [0.5, 0.6) is 5.75 Å². The van der Waals surface area contributed by atoms with Crippen molar-refractivity contribution in [2.75, 3.05) is 0 Å². The fraction of sp³-hybridized carbons (Fsp3) is 0.190. The second kappa shape index (κ2) is 8.16. The summed E-state index contributed by atoms with van der Waals surface area (Å²) in [6.07, 6.45) is 0. The van der Waals surface area contributed by atoms with Crippen LogP contribution in [-0.2, 0) is 23.5 Å². The summed E-state index contributed by atoms with van der Waals surface area (Å²) in [5.74, 6) is -0.128. The lowest BCUT2D eigenvalue weighted by molar-refractivity contribution is -0.131. The van der Waals surface area contributed by atoms with Gasteiger partial charge in [0, 0.05) is 9.85 Å². The first-order valence-corrected chi connectivity index (χ1v) is 10.7. The largest absolute Gasteiger partial charge is 0.486 e. The van der Waals surface area contributed by atoms with Gasteiger partial charge in [-0.1, -0.05) is 28.1 Å². The van der Waals surface area contributed by atoms with Gasteiger partial charge in [-0.15, -0.1) is 11.3 Å². The molecule has 30 heavy (non-hydrogen) atoms. The molecule has 9 heteroatoms. The van der Waals surface area contributed by atoms with Crippen molar-refractivity contribution in [3.63, 3.8) is 0 Å². The van der Waals surface area contributed by atoms with Crippen molar-refractivity contribution in [3.05, 3.63) is 80.5 Å². The van der Waals surface area contributed by atoms with Gasteiger partial charge in [0.15, 0.2) is 0 Å². The predicted octanol–water partition coefficient (Wildman–Crippen LogP) is 4.59. The third kappa shape index (κ3) is 4.08. The molecular weight excluding hydrogens is 473 g/mol. The number of urea groups is 1. The van der Waals surface area contributed by atoms with E-state index in [2.05, 4.69) is 26.2 Å². The SMILES string of the molecule is CC1(c2cccc(Br)c2)NC(=O)N(Cc2csc(COc3ccc(F)cc3)n2)C1=O. The summed E-state index contributed by atoms with van der Waals surface area (Å²) in [7, 11) is 0. The van der Waals surface area contributed by atoms with E-state index in [1.165, 1.54) is 28.4 Å². The Hall–Kier alpha value is -2.78. The summed E-state index contributed by atoms with van der Waals surface area (Å²) in [5.41, 5.74) is 0.162. The van der Waals surface area contributed by atoms with Crippen molar-refractivity contribution in [2.45, 2.75) is 25.6 Å². The fourth-order valence-electron chi connectivity index (χ4n) is 3.16. The zero-order valence-electron chi connectivity index (χ0n) is 15.9. The van der Waals surface area contributed by atoms with Crippen molar-refractivity contribution in [3.8, 4) is 5.75 Å². The van der Waals surface area contributed by atoms with Crippen LogP contribution < -0.4 is 10.1 Å². The number of ether oxygens (including phenoxy) is 1. The van der Waals surface area contributed by atoms with Crippen LogP contribution in [0.25, 0.3) is 0 Å². The molecule has 3 aromatic rings. The maximum Gasteiger partial charge on any atom is 0.325 e. The van der Waals surface area contributed by atoms with Gasteiger partial charge in [0.25, 0.3) is 5.91 Å². The first kappa shape index (κ1) is 20.5. The fourth-order valence-corrected chi connectivity index (χ4v) is 4.26. The van der Waals surface area contributed by atoms with Gasteiger partial charge in [0.05, 0.1) is 12.2 Å². The zero-order valence-corrected chi connectivity index (χ0v) is 18.3. The number of thiazole rings is 1. The molecule has 1 atom stereocenters. The summed E-state index contributed by atoms with van der Waals surface area (Å²) in [6.45, 7) is 1.98. The Labute approximate surface area is 184 Å². The third-order valence-electron chi connectivity index (χ3n) is 4.77. The number of aromatic nitrogens is 1. The van der Waals surface area contributed by atoms with Crippen LogP contribution in [0.4, 0.5) is 9.18 Å². The monoisotopic (exact) mass is 489 g/mol. The Kier molecular flexibility index (Phi) is 5.57. The molecule has 1 aromatic heterocycles. The van der Waals surface area contributed by atoms with Gasteiger partial charge in [-0.2, -0.15) is 0 Å². The lowest BCUT2D eigenvalue weighted by Crippen LogP contribution is -2.40. The molecular formula is C21H17BrFN3O3S. The molecule has 1 unspecified atom stereocenters. The molecule has 0 spiro atoms. The number of imide groups is 1. The van der Waals surface area contributed by atoms with Crippen molar-refractivity contribution in [2.24, 2.45) is 0 Å². The highest BCUT2D eigenvalue weighted by atomic mass is 79.9. The summed E-state index contributed by atoms with van der Waals surface area (Å²) in [6, 6.07) is 12.6. The van der Waals surface area contributed by atoms with Gasteiger partial charge in [-0.05, 0) is 48.9 Å². The van der Waals surface area contributed by atoms with E-state index in [0.717, 1.165) is 4.47 Å². The molecule has 154 valence electrons. The van der Waals surface area contributed by atoms with Crippen molar-refractivity contribution in [1.29, 1.82) is 0 Å². The number of benzene rings is 2. The number of carbonyl (C=O) groups excluding carboxylic acids is 2. The normalized spacial score (nSPS) is 18.6. The number of halogens is 2. The molecule has 1 aliphatic rings. The Morgan fingerprint density at radius 2 is 2.00 bits per heavy atom. The van der Waals surface area contributed by atoms with Crippen molar-refractivity contribution >= 4 is 39.2 Å². The van der Waals surface area contributed by atoms with Crippen LogP contribution in [0, 0.1) is 5.82 Å². The van der Waals surface area contributed by atoms with Crippen LogP contribution in [0.2, 0.25) is 0 Å². The van der Waals surface area contributed by atoms with Crippen LogP contribution in [0.15, 0.2) is 58.4 Å². The number of hydrogen-bond donors (Lipinski definition) is 1. The second-order valence-corrected chi connectivity index (χ2v) is 8.79. The van der Waals surface area contributed by atoms with Gasteiger partial charge in [0.2, 0.25) is 0 Å². The summed E-state index contributed by atoms with van der Waals surface area (Å²) >= 11 is 4.77. The molecule has 2 aromatic carbocycles. The van der Waals surface area contributed by atoms with E-state index in [1.54, 1.807) is 30.5 Å². The van der Waals surface area contributed by atoms with E-state index < -0.39 is 11.6 Å². The van der Waals surface area contributed by atoms with Crippen LogP contribution >= 0.6 is 27.3 Å². The van der Waals surface area contributed by atoms with E-state index in [0.29, 0.717) is 22.0 Å². The molecule has 6 nitrogen and oxygen atoms in total. The molecule has 1 aliphatic heterocycles. The van der Waals surface area contributed by atoms with E-state index in [-0.39, 0.29) is 24.9 Å². The molecule has 0 aliphatic carbocycles. The summed E-state index contributed by atoms with van der Waals surface area (Å²) in [4.78, 5) is 31.2. The molecule has 2 heterocycles. The highest BCUT2D eigenvalue weighted by Gasteiger charge is 2.49. The maximum atomic E-state index is 13.0. The topological polar surface area (TPSA) is 71.5 Å². The standard InChI is InChI=1S/C21H17BrFN3O3S/c1-21(13-3-2-4-14(22)9-13)19(27)26(20(28)25-21)10-16-12-30-18(24-16)11-29-17-7-5-15(23)6-8-17/h2-9,12H,10-11H2,1H3,(H,25,28). The number of hydrogen-bond acceptors (Lipinski definition) is 5. The molecule has 4 rings (SSSR count). The maximum absolute atomic E-state index is 13.0. The smallest absolute Gasteiger partial charge is 0.325 e. The van der Waals surface area contributed by atoms with Crippen LogP contribution in [0.1, 0.15) is 23.2 Å². The molecule has 1 saturated heterocycles. The summed E-state index contributed by atoms with van der Waals surface area (Å²) in [5, 5.41) is 5.27. The molecule has 0 bridgehead atoms. The molecule has 0 radical (unpaired) electrons.